The largest absolute Gasteiger partial charge is 0.491 e. The third kappa shape index (κ3) is 3.69. The van der Waals surface area contributed by atoms with Crippen molar-refractivity contribution in [2.75, 3.05) is 11.9 Å². The summed E-state index contributed by atoms with van der Waals surface area (Å²) in [5.74, 6) is -0.790. The fourth-order valence-electron chi connectivity index (χ4n) is 2.94. The SMILES string of the molecule is CCCCOc1ccccc1NC(=O)[C@H](C)N1C(=O)c2ccccc2C1=O. The zero-order chi connectivity index (χ0) is 19.4. The Balaban J connectivity index is 1.74. The van der Waals surface area contributed by atoms with E-state index in [1.807, 2.05) is 6.07 Å². The van der Waals surface area contributed by atoms with Gasteiger partial charge in [0.1, 0.15) is 11.8 Å². The summed E-state index contributed by atoms with van der Waals surface area (Å²) < 4.78 is 5.71. The molecule has 1 aliphatic heterocycles. The molecule has 0 unspecified atom stereocenters. The molecule has 0 saturated carbocycles. The second-order valence-corrected chi connectivity index (χ2v) is 6.39. The molecule has 1 aliphatic rings. The van der Waals surface area contributed by atoms with Crippen LogP contribution in [0.1, 0.15) is 47.4 Å². The van der Waals surface area contributed by atoms with Crippen molar-refractivity contribution in [2.24, 2.45) is 0 Å². The zero-order valence-electron chi connectivity index (χ0n) is 15.4. The van der Waals surface area contributed by atoms with Crippen molar-refractivity contribution in [1.82, 2.24) is 4.90 Å². The Morgan fingerprint density at radius 2 is 1.63 bits per heavy atom. The minimum absolute atomic E-state index is 0.324. The number of rotatable bonds is 7. The summed E-state index contributed by atoms with van der Waals surface area (Å²) in [7, 11) is 0. The Bertz CT molecular complexity index is 843. The van der Waals surface area contributed by atoms with Gasteiger partial charge in [-0.2, -0.15) is 0 Å². The summed E-state index contributed by atoms with van der Waals surface area (Å²) in [5.41, 5.74) is 1.16. The van der Waals surface area contributed by atoms with Crippen LogP contribution in [0.4, 0.5) is 5.69 Å². The first-order chi connectivity index (χ1) is 13.0. The van der Waals surface area contributed by atoms with E-state index in [1.54, 1.807) is 42.5 Å². The van der Waals surface area contributed by atoms with Crippen LogP contribution in [0.25, 0.3) is 0 Å². The highest BCUT2D eigenvalue weighted by Gasteiger charge is 2.40. The van der Waals surface area contributed by atoms with Gasteiger partial charge in [0.15, 0.2) is 0 Å². The standard InChI is InChI=1S/C21H22N2O4/c1-3-4-13-27-18-12-8-7-11-17(18)22-19(24)14(2)23-20(25)15-9-5-6-10-16(15)21(23)26/h5-12,14H,3-4,13H2,1-2H3,(H,22,24)/t14-/m0/s1. The lowest BCUT2D eigenvalue weighted by atomic mass is 10.1. The number of fused-ring (bicyclic) bond motifs is 1. The van der Waals surface area contributed by atoms with Crippen LogP contribution in [0.3, 0.4) is 0 Å². The first-order valence-electron chi connectivity index (χ1n) is 9.04. The molecule has 2 aromatic carbocycles. The molecule has 0 saturated heterocycles. The summed E-state index contributed by atoms with van der Waals surface area (Å²) in [4.78, 5) is 38.8. The Kier molecular flexibility index (Phi) is 5.54. The van der Waals surface area contributed by atoms with E-state index in [1.165, 1.54) is 6.92 Å². The number of unbranched alkanes of at least 4 members (excludes halogenated alkanes) is 1. The number of benzene rings is 2. The van der Waals surface area contributed by atoms with Crippen LogP contribution in [0, 0.1) is 0 Å². The van der Waals surface area contributed by atoms with E-state index in [2.05, 4.69) is 12.2 Å². The molecular weight excluding hydrogens is 344 g/mol. The maximum absolute atomic E-state index is 12.7. The number of hydrogen-bond donors (Lipinski definition) is 1. The minimum atomic E-state index is -0.943. The summed E-state index contributed by atoms with van der Waals surface area (Å²) in [5, 5.41) is 2.77. The van der Waals surface area contributed by atoms with E-state index in [-0.39, 0.29) is 0 Å². The Morgan fingerprint density at radius 3 is 2.26 bits per heavy atom. The van der Waals surface area contributed by atoms with Crippen molar-refractivity contribution in [1.29, 1.82) is 0 Å². The minimum Gasteiger partial charge on any atom is -0.491 e. The number of nitrogens with zero attached hydrogens (tertiary/aromatic N) is 1. The Hall–Kier alpha value is -3.15. The molecule has 6 nitrogen and oxygen atoms in total. The van der Waals surface area contributed by atoms with Gasteiger partial charge in [-0.15, -0.1) is 0 Å². The highest BCUT2D eigenvalue weighted by Crippen LogP contribution is 2.27. The number of imide groups is 1. The molecule has 3 rings (SSSR count). The van der Waals surface area contributed by atoms with E-state index >= 15 is 0 Å². The van der Waals surface area contributed by atoms with Gasteiger partial charge in [0.05, 0.1) is 23.4 Å². The molecule has 2 aromatic rings. The van der Waals surface area contributed by atoms with Crippen LogP contribution in [0.15, 0.2) is 48.5 Å². The van der Waals surface area contributed by atoms with E-state index in [0.29, 0.717) is 29.2 Å². The van der Waals surface area contributed by atoms with Crippen LogP contribution >= 0.6 is 0 Å². The van der Waals surface area contributed by atoms with Gasteiger partial charge in [0, 0.05) is 0 Å². The van der Waals surface area contributed by atoms with E-state index in [4.69, 9.17) is 4.74 Å². The lowest BCUT2D eigenvalue weighted by molar-refractivity contribution is -0.119. The van der Waals surface area contributed by atoms with Crippen molar-refractivity contribution >= 4 is 23.4 Å². The van der Waals surface area contributed by atoms with Gasteiger partial charge in [-0.1, -0.05) is 37.6 Å². The third-order valence-corrected chi connectivity index (χ3v) is 4.49. The van der Waals surface area contributed by atoms with E-state index < -0.39 is 23.8 Å². The van der Waals surface area contributed by atoms with Crippen LogP contribution in [-0.4, -0.2) is 35.3 Å². The lowest BCUT2D eigenvalue weighted by Gasteiger charge is -2.22. The number of nitrogens with one attached hydrogen (secondary N) is 1. The Morgan fingerprint density at radius 1 is 1.04 bits per heavy atom. The van der Waals surface area contributed by atoms with Crippen molar-refractivity contribution in [3.05, 3.63) is 59.7 Å². The normalized spacial score (nSPS) is 14.1. The smallest absolute Gasteiger partial charge is 0.262 e. The fourth-order valence-corrected chi connectivity index (χ4v) is 2.94. The Labute approximate surface area is 158 Å². The molecular formula is C21H22N2O4. The first-order valence-corrected chi connectivity index (χ1v) is 9.04. The second kappa shape index (κ2) is 8.03. The molecule has 0 radical (unpaired) electrons. The number of hydrogen-bond acceptors (Lipinski definition) is 4. The number of para-hydroxylation sites is 2. The van der Waals surface area contributed by atoms with Crippen LogP contribution in [0.5, 0.6) is 5.75 Å². The van der Waals surface area contributed by atoms with Crippen molar-refractivity contribution in [3.8, 4) is 5.75 Å². The monoisotopic (exact) mass is 366 g/mol. The molecule has 1 atom stereocenters. The third-order valence-electron chi connectivity index (χ3n) is 4.49. The average Bonchev–Trinajstić information content (AvgIpc) is 2.93. The van der Waals surface area contributed by atoms with Crippen molar-refractivity contribution < 1.29 is 19.1 Å². The van der Waals surface area contributed by atoms with E-state index in [9.17, 15) is 14.4 Å². The topological polar surface area (TPSA) is 75.7 Å². The maximum Gasteiger partial charge on any atom is 0.262 e. The average molecular weight is 366 g/mol. The van der Waals surface area contributed by atoms with Gasteiger partial charge in [0.2, 0.25) is 5.91 Å². The van der Waals surface area contributed by atoms with Gasteiger partial charge in [-0.05, 0) is 37.6 Å². The molecule has 0 spiro atoms. The lowest BCUT2D eigenvalue weighted by Crippen LogP contribution is -2.45. The number of ether oxygens (including phenoxy) is 1. The van der Waals surface area contributed by atoms with Crippen molar-refractivity contribution in [2.45, 2.75) is 32.7 Å². The molecule has 0 aromatic heterocycles. The van der Waals surface area contributed by atoms with Gasteiger partial charge in [0.25, 0.3) is 11.8 Å². The van der Waals surface area contributed by atoms with Crippen LogP contribution in [-0.2, 0) is 4.79 Å². The van der Waals surface area contributed by atoms with Gasteiger partial charge in [-0.25, -0.2) is 0 Å². The van der Waals surface area contributed by atoms with Crippen LogP contribution in [0.2, 0.25) is 0 Å². The van der Waals surface area contributed by atoms with Crippen LogP contribution < -0.4 is 10.1 Å². The molecule has 0 fully saturated rings. The molecule has 6 heteroatoms. The predicted molar refractivity (Wildman–Crippen MR) is 102 cm³/mol. The molecule has 0 aliphatic carbocycles. The first kappa shape index (κ1) is 18.6. The summed E-state index contributed by atoms with van der Waals surface area (Å²) in [6.45, 7) is 4.16. The highest BCUT2D eigenvalue weighted by molar-refractivity contribution is 6.23. The molecule has 3 amide bonds. The molecule has 0 bridgehead atoms. The molecule has 140 valence electrons. The molecule has 1 heterocycles. The summed E-state index contributed by atoms with van der Waals surface area (Å²) in [6.07, 6.45) is 1.92. The molecule has 1 N–H and O–H groups in total. The highest BCUT2D eigenvalue weighted by atomic mass is 16.5. The summed E-state index contributed by atoms with van der Waals surface area (Å²) >= 11 is 0. The number of anilines is 1. The quantitative estimate of drug-likeness (QED) is 0.601. The van der Waals surface area contributed by atoms with Gasteiger partial charge >= 0.3 is 0 Å². The summed E-state index contributed by atoms with van der Waals surface area (Å²) in [6, 6.07) is 12.8. The predicted octanol–water partition coefficient (Wildman–Crippen LogP) is 3.49. The zero-order valence-corrected chi connectivity index (χ0v) is 15.4. The molecule has 27 heavy (non-hydrogen) atoms. The second-order valence-electron chi connectivity index (χ2n) is 6.39. The van der Waals surface area contributed by atoms with E-state index in [0.717, 1.165) is 17.7 Å². The fraction of sp³-hybridized carbons (Fsp3) is 0.286. The number of carbonyl (C=O) groups excluding carboxylic acids is 3. The van der Waals surface area contributed by atoms with Gasteiger partial charge in [-0.3, -0.25) is 19.3 Å². The maximum atomic E-state index is 12.7. The van der Waals surface area contributed by atoms with Gasteiger partial charge < -0.3 is 10.1 Å². The number of amides is 3. The number of carbonyl (C=O) groups is 3. The van der Waals surface area contributed by atoms with Crippen molar-refractivity contribution in [3.63, 3.8) is 0 Å².